The predicted molar refractivity (Wildman–Crippen MR) is 100 cm³/mol. The fraction of sp³-hybridized carbons (Fsp3) is 0.467. The molecule has 0 saturated carbocycles. The lowest BCUT2D eigenvalue weighted by atomic mass is 10.2. The third-order valence-corrected chi connectivity index (χ3v) is 6.13. The van der Waals surface area contributed by atoms with Crippen LogP contribution in [0, 0.1) is 0 Å². The van der Waals surface area contributed by atoms with Crippen LogP contribution in [0.5, 0.6) is 0 Å². The summed E-state index contributed by atoms with van der Waals surface area (Å²) < 4.78 is 0. The zero-order valence-electron chi connectivity index (χ0n) is 13.3. The highest BCUT2D eigenvalue weighted by Crippen LogP contribution is 2.35. The molecule has 0 bridgehead atoms. The highest BCUT2D eigenvalue weighted by molar-refractivity contribution is 8.78. The Morgan fingerprint density at radius 2 is 2.26 bits per heavy atom. The smallest absolute Gasteiger partial charge is 0.214 e. The molecular formula is C15H22ClN3O2S2. The van der Waals surface area contributed by atoms with Crippen LogP contribution in [0.15, 0.2) is 22.7 Å². The molecule has 0 aromatic carbocycles. The van der Waals surface area contributed by atoms with Crippen molar-refractivity contribution in [1.29, 1.82) is 0 Å². The molecule has 0 aliphatic heterocycles. The van der Waals surface area contributed by atoms with Gasteiger partial charge in [0.2, 0.25) is 6.41 Å². The number of nitrogens with two attached hydrogens (primary N) is 1. The Balaban J connectivity index is 2.94. The van der Waals surface area contributed by atoms with Crippen molar-refractivity contribution in [3.63, 3.8) is 0 Å². The number of carbonyl (C=O) groups excluding carboxylic acids is 1. The van der Waals surface area contributed by atoms with Crippen LogP contribution in [0.4, 0.5) is 5.82 Å². The number of amides is 1. The summed E-state index contributed by atoms with van der Waals surface area (Å²) in [5.41, 5.74) is 7.40. The average molecular weight is 376 g/mol. The van der Waals surface area contributed by atoms with Gasteiger partial charge in [0, 0.05) is 34.9 Å². The first-order valence-corrected chi connectivity index (χ1v) is 9.96. The Kier molecular flexibility index (Phi) is 9.47. The minimum atomic E-state index is 0.0453. The monoisotopic (exact) mass is 375 g/mol. The second kappa shape index (κ2) is 10.8. The first-order chi connectivity index (χ1) is 11.0. The van der Waals surface area contributed by atoms with E-state index in [4.69, 9.17) is 17.3 Å². The summed E-state index contributed by atoms with van der Waals surface area (Å²) in [4.78, 5) is 18.1. The Morgan fingerprint density at radius 3 is 2.83 bits per heavy atom. The van der Waals surface area contributed by atoms with E-state index in [2.05, 4.69) is 11.9 Å². The van der Waals surface area contributed by atoms with E-state index in [1.54, 1.807) is 38.6 Å². The van der Waals surface area contributed by atoms with Crippen molar-refractivity contribution in [1.82, 2.24) is 9.88 Å². The lowest BCUT2D eigenvalue weighted by Gasteiger charge is -2.22. The van der Waals surface area contributed by atoms with E-state index < -0.39 is 0 Å². The molecule has 128 valence electrons. The van der Waals surface area contributed by atoms with Crippen molar-refractivity contribution in [2.45, 2.75) is 33.2 Å². The lowest BCUT2D eigenvalue weighted by molar-refractivity contribution is -0.116. The van der Waals surface area contributed by atoms with E-state index >= 15 is 0 Å². The molecule has 1 rings (SSSR count). The van der Waals surface area contributed by atoms with Gasteiger partial charge in [0.1, 0.15) is 11.0 Å². The fourth-order valence-corrected chi connectivity index (χ4v) is 4.52. The van der Waals surface area contributed by atoms with Crippen molar-refractivity contribution in [3.05, 3.63) is 33.5 Å². The van der Waals surface area contributed by atoms with E-state index in [1.165, 1.54) is 0 Å². The highest BCUT2D eigenvalue weighted by atomic mass is 35.5. The van der Waals surface area contributed by atoms with E-state index in [-0.39, 0.29) is 6.61 Å². The maximum atomic E-state index is 11.5. The van der Waals surface area contributed by atoms with Gasteiger partial charge < -0.3 is 15.7 Å². The van der Waals surface area contributed by atoms with Crippen molar-refractivity contribution >= 4 is 45.4 Å². The number of nitrogens with zero attached hydrogens (tertiary/aromatic N) is 2. The first-order valence-electron chi connectivity index (χ1n) is 7.26. The third kappa shape index (κ3) is 6.63. The summed E-state index contributed by atoms with van der Waals surface area (Å²) in [5, 5.41) is 9.58. The second-order valence-corrected chi connectivity index (χ2v) is 7.70. The number of hydrogen-bond donors (Lipinski definition) is 2. The number of rotatable bonds is 10. The number of anilines is 1. The molecule has 1 aromatic rings. The summed E-state index contributed by atoms with van der Waals surface area (Å²) in [6.45, 7) is 4.35. The summed E-state index contributed by atoms with van der Waals surface area (Å²) in [5.74, 6) is 1.33. The molecule has 0 unspecified atom stereocenters. The van der Waals surface area contributed by atoms with Crippen LogP contribution in [0.3, 0.4) is 0 Å². The van der Waals surface area contributed by atoms with Crippen LogP contribution in [0.2, 0.25) is 5.15 Å². The molecule has 1 aromatic heterocycles. The Bertz CT molecular complexity index is 556. The molecule has 0 atom stereocenters. The summed E-state index contributed by atoms with van der Waals surface area (Å²) >= 11 is 5.80. The highest BCUT2D eigenvalue weighted by Gasteiger charge is 2.14. The molecule has 0 aliphatic rings. The summed E-state index contributed by atoms with van der Waals surface area (Å²) in [7, 11) is 3.33. The molecule has 0 fully saturated rings. The van der Waals surface area contributed by atoms with Crippen LogP contribution < -0.4 is 5.73 Å². The van der Waals surface area contributed by atoms with Crippen LogP contribution in [-0.4, -0.2) is 33.8 Å². The molecule has 1 amide bonds. The van der Waals surface area contributed by atoms with Gasteiger partial charge >= 0.3 is 0 Å². The van der Waals surface area contributed by atoms with Gasteiger partial charge in [0.15, 0.2) is 0 Å². The largest absolute Gasteiger partial charge is 0.396 e. The van der Waals surface area contributed by atoms with Crippen LogP contribution in [-0.2, 0) is 11.3 Å². The fourth-order valence-electron chi connectivity index (χ4n) is 1.77. The molecule has 5 nitrogen and oxygen atoms in total. The lowest BCUT2D eigenvalue weighted by Crippen LogP contribution is -2.21. The molecule has 0 aliphatic carbocycles. The van der Waals surface area contributed by atoms with Crippen molar-refractivity contribution in [2.75, 3.05) is 18.1 Å². The van der Waals surface area contributed by atoms with Crippen LogP contribution in [0.25, 0.3) is 0 Å². The number of aliphatic hydroxyl groups is 1. The number of halogens is 1. The quantitative estimate of drug-likeness (QED) is 0.281. The topological polar surface area (TPSA) is 79.5 Å². The number of allylic oxidation sites excluding steroid dienone is 1. The van der Waals surface area contributed by atoms with Gasteiger partial charge in [-0.25, -0.2) is 4.98 Å². The zero-order valence-corrected chi connectivity index (χ0v) is 15.7. The Morgan fingerprint density at radius 1 is 1.52 bits per heavy atom. The number of hydrogen-bond acceptors (Lipinski definition) is 6. The molecule has 0 spiro atoms. The number of nitrogen functional groups attached to an aromatic ring is 1. The minimum Gasteiger partial charge on any atom is -0.396 e. The van der Waals surface area contributed by atoms with Gasteiger partial charge in [0.25, 0.3) is 0 Å². The van der Waals surface area contributed by atoms with Gasteiger partial charge in [-0.15, -0.1) is 0 Å². The number of aliphatic hydroxyl groups excluding tert-OH is 1. The van der Waals surface area contributed by atoms with Crippen LogP contribution >= 0.6 is 33.2 Å². The Hall–Kier alpha value is -0.890. The summed E-state index contributed by atoms with van der Waals surface area (Å²) in [6.07, 6.45) is 2.37. The molecule has 0 radical (unpaired) electrons. The standard InChI is InChI=1S/C15H22ClN3O2S2/c1-3-8-22-23-13(6-7-20)11(2)19(10-21)9-12-4-5-14(16)18-15(12)17/h4-5,10,20H,3,6-9H2,1-2H3,(H2,17,18). The SMILES string of the molecule is CCCSSC(CCO)=C(C)N(C=O)Cc1ccc(Cl)nc1N. The summed E-state index contributed by atoms with van der Waals surface area (Å²) in [6, 6.07) is 3.41. The number of carbonyl (C=O) groups is 1. The van der Waals surface area contributed by atoms with E-state index in [9.17, 15) is 9.90 Å². The van der Waals surface area contributed by atoms with Gasteiger partial charge in [-0.05, 0) is 19.4 Å². The molecule has 8 heteroatoms. The molecular weight excluding hydrogens is 354 g/mol. The normalized spacial score (nSPS) is 12.0. The maximum absolute atomic E-state index is 11.5. The van der Waals surface area contributed by atoms with Gasteiger partial charge in [-0.3, -0.25) is 4.79 Å². The predicted octanol–water partition coefficient (Wildman–Crippen LogP) is 3.68. The Labute approximate surface area is 150 Å². The number of pyridine rings is 1. The molecule has 0 saturated heterocycles. The molecule has 3 N–H and O–H groups in total. The molecule has 1 heterocycles. The maximum Gasteiger partial charge on any atom is 0.214 e. The van der Waals surface area contributed by atoms with Gasteiger partial charge in [-0.2, -0.15) is 0 Å². The van der Waals surface area contributed by atoms with Crippen molar-refractivity contribution < 1.29 is 9.90 Å². The van der Waals surface area contributed by atoms with E-state index in [0.717, 1.165) is 34.7 Å². The first kappa shape index (κ1) is 20.2. The number of aromatic nitrogens is 1. The van der Waals surface area contributed by atoms with Gasteiger partial charge in [0.05, 0.1) is 6.54 Å². The third-order valence-electron chi connectivity index (χ3n) is 3.07. The zero-order chi connectivity index (χ0) is 17.2. The average Bonchev–Trinajstić information content (AvgIpc) is 2.53. The second-order valence-electron chi connectivity index (χ2n) is 4.80. The van der Waals surface area contributed by atoms with Crippen molar-refractivity contribution in [2.24, 2.45) is 0 Å². The van der Waals surface area contributed by atoms with Crippen molar-refractivity contribution in [3.8, 4) is 0 Å². The minimum absolute atomic E-state index is 0.0453. The van der Waals surface area contributed by atoms with E-state index in [1.807, 2.05) is 6.92 Å². The molecule has 23 heavy (non-hydrogen) atoms. The van der Waals surface area contributed by atoms with Gasteiger partial charge in [-0.1, -0.05) is 46.2 Å². The van der Waals surface area contributed by atoms with E-state index in [0.29, 0.717) is 23.9 Å². The van der Waals surface area contributed by atoms with Crippen LogP contribution in [0.1, 0.15) is 32.3 Å².